The molecule has 2 amide bonds. The number of carbonyl (C=O) groups is 2. The molecule has 0 fully saturated rings. The SMILES string of the molecule is Cc1cccc(N2C(=O)/C(=C/c3c(C)nc4sc(C)cn34)c3ccccc3C2=O)c1. The van der Waals surface area contributed by atoms with Gasteiger partial charge >= 0.3 is 0 Å². The largest absolute Gasteiger partial charge is 0.290 e. The number of rotatable bonds is 2. The third-order valence-electron chi connectivity index (χ3n) is 5.29. The summed E-state index contributed by atoms with van der Waals surface area (Å²) in [5.41, 5.74) is 4.92. The molecule has 0 radical (unpaired) electrons. The van der Waals surface area contributed by atoms with E-state index in [2.05, 4.69) is 4.98 Å². The lowest BCUT2D eigenvalue weighted by atomic mass is 9.92. The van der Waals surface area contributed by atoms with Crippen LogP contribution >= 0.6 is 11.3 Å². The molecule has 5 nitrogen and oxygen atoms in total. The van der Waals surface area contributed by atoms with E-state index >= 15 is 0 Å². The van der Waals surface area contributed by atoms with E-state index in [-0.39, 0.29) is 11.8 Å². The molecule has 0 aliphatic carbocycles. The Kier molecular flexibility index (Phi) is 4.18. The number of aryl methyl sites for hydroxylation is 3. The van der Waals surface area contributed by atoms with Crippen LogP contribution in [-0.4, -0.2) is 21.2 Å². The Bertz CT molecular complexity index is 1380. The van der Waals surface area contributed by atoms with Gasteiger partial charge < -0.3 is 0 Å². The lowest BCUT2D eigenvalue weighted by molar-refractivity contribution is -0.112. The zero-order valence-electron chi connectivity index (χ0n) is 16.8. The number of nitrogens with zero attached hydrogens (tertiary/aromatic N) is 3. The van der Waals surface area contributed by atoms with Crippen molar-refractivity contribution in [2.75, 3.05) is 4.90 Å². The van der Waals surface area contributed by atoms with E-state index in [1.54, 1.807) is 23.5 Å². The molecule has 148 valence electrons. The Morgan fingerprint density at radius 1 is 0.933 bits per heavy atom. The van der Waals surface area contributed by atoms with Crippen molar-refractivity contribution in [2.24, 2.45) is 0 Å². The molecular weight excluding hydrogens is 394 g/mol. The van der Waals surface area contributed by atoms with E-state index in [1.165, 1.54) is 4.90 Å². The highest BCUT2D eigenvalue weighted by Gasteiger charge is 2.36. The average molecular weight is 414 g/mol. The van der Waals surface area contributed by atoms with E-state index < -0.39 is 0 Å². The normalized spacial score (nSPS) is 15.3. The summed E-state index contributed by atoms with van der Waals surface area (Å²) in [6.45, 7) is 5.91. The molecule has 0 spiro atoms. The van der Waals surface area contributed by atoms with Crippen LogP contribution in [0.25, 0.3) is 16.6 Å². The lowest BCUT2D eigenvalue weighted by Crippen LogP contribution is -2.41. The smallest absolute Gasteiger partial charge is 0.266 e. The Morgan fingerprint density at radius 3 is 2.47 bits per heavy atom. The van der Waals surface area contributed by atoms with Gasteiger partial charge in [0.15, 0.2) is 4.96 Å². The highest BCUT2D eigenvalue weighted by Crippen LogP contribution is 2.34. The first-order chi connectivity index (χ1) is 14.4. The third kappa shape index (κ3) is 2.80. The first-order valence-corrected chi connectivity index (χ1v) is 10.5. The molecule has 0 unspecified atom stereocenters. The van der Waals surface area contributed by atoms with Crippen molar-refractivity contribution in [2.45, 2.75) is 20.8 Å². The summed E-state index contributed by atoms with van der Waals surface area (Å²) in [4.78, 5) is 34.8. The van der Waals surface area contributed by atoms with Crippen LogP contribution in [0.5, 0.6) is 0 Å². The van der Waals surface area contributed by atoms with Gasteiger partial charge in [0.25, 0.3) is 11.8 Å². The van der Waals surface area contributed by atoms with Gasteiger partial charge in [0.05, 0.1) is 22.6 Å². The van der Waals surface area contributed by atoms with Crippen LogP contribution in [0.3, 0.4) is 0 Å². The van der Waals surface area contributed by atoms with Gasteiger partial charge in [-0.2, -0.15) is 0 Å². The van der Waals surface area contributed by atoms with Gasteiger partial charge in [0.2, 0.25) is 0 Å². The van der Waals surface area contributed by atoms with Crippen LogP contribution in [0.1, 0.15) is 37.7 Å². The number of hydrogen-bond acceptors (Lipinski definition) is 4. The van der Waals surface area contributed by atoms with Gasteiger partial charge in [-0.15, -0.1) is 11.3 Å². The average Bonchev–Trinajstić information content (AvgIpc) is 3.20. The summed E-state index contributed by atoms with van der Waals surface area (Å²) in [6.07, 6.45) is 3.88. The fraction of sp³-hybridized carbons (Fsp3) is 0.125. The third-order valence-corrected chi connectivity index (χ3v) is 6.19. The second-order valence-electron chi connectivity index (χ2n) is 7.47. The molecule has 0 saturated carbocycles. The molecule has 30 heavy (non-hydrogen) atoms. The fourth-order valence-corrected chi connectivity index (χ4v) is 4.76. The molecule has 6 heteroatoms. The second-order valence-corrected chi connectivity index (χ2v) is 8.68. The van der Waals surface area contributed by atoms with E-state index in [9.17, 15) is 9.59 Å². The summed E-state index contributed by atoms with van der Waals surface area (Å²) < 4.78 is 2.01. The van der Waals surface area contributed by atoms with Crippen LogP contribution in [0.15, 0.2) is 54.7 Å². The maximum absolute atomic E-state index is 13.6. The number of thiazole rings is 1. The first-order valence-electron chi connectivity index (χ1n) is 9.65. The van der Waals surface area contributed by atoms with Crippen LogP contribution in [0, 0.1) is 20.8 Å². The molecule has 0 saturated heterocycles. The number of amides is 2. The summed E-state index contributed by atoms with van der Waals surface area (Å²) >= 11 is 1.61. The number of benzene rings is 2. The van der Waals surface area contributed by atoms with Gasteiger partial charge in [0.1, 0.15) is 0 Å². The predicted octanol–water partition coefficient (Wildman–Crippen LogP) is 5.05. The summed E-state index contributed by atoms with van der Waals surface area (Å²) in [6, 6.07) is 14.7. The maximum Gasteiger partial charge on any atom is 0.266 e. The van der Waals surface area contributed by atoms with Crippen molar-refractivity contribution in [3.63, 3.8) is 0 Å². The molecule has 2 aromatic heterocycles. The van der Waals surface area contributed by atoms with E-state index in [0.717, 1.165) is 26.8 Å². The minimum atomic E-state index is -0.328. The number of fused-ring (bicyclic) bond motifs is 2. The van der Waals surface area contributed by atoms with Crippen molar-refractivity contribution < 1.29 is 9.59 Å². The van der Waals surface area contributed by atoms with Gasteiger partial charge in [-0.3, -0.25) is 14.0 Å². The van der Waals surface area contributed by atoms with E-state index in [4.69, 9.17) is 0 Å². The number of hydrogen-bond donors (Lipinski definition) is 0. The van der Waals surface area contributed by atoms with Crippen molar-refractivity contribution in [1.82, 2.24) is 9.38 Å². The highest BCUT2D eigenvalue weighted by molar-refractivity contribution is 7.17. The number of imide groups is 1. The zero-order valence-corrected chi connectivity index (χ0v) is 17.7. The number of anilines is 1. The molecule has 2 aromatic carbocycles. The molecular formula is C24H19N3O2S. The molecule has 0 bridgehead atoms. The zero-order chi connectivity index (χ0) is 21.0. The number of carbonyl (C=O) groups excluding carboxylic acids is 2. The standard InChI is InChI=1S/C24H19N3O2S/c1-14-7-6-8-17(11-14)27-22(28)19-10-5-4-9-18(19)20(23(27)29)12-21-16(3)25-24-26(21)13-15(2)30-24/h4-13H,1-3H3/b20-12+. The minimum absolute atomic E-state index is 0.306. The van der Waals surface area contributed by atoms with Gasteiger partial charge in [-0.25, -0.2) is 9.88 Å². The number of imidazole rings is 1. The Morgan fingerprint density at radius 2 is 1.70 bits per heavy atom. The van der Waals surface area contributed by atoms with Gasteiger partial charge in [-0.1, -0.05) is 30.3 Å². The fourth-order valence-electron chi connectivity index (χ4n) is 3.89. The molecule has 3 heterocycles. The summed E-state index contributed by atoms with van der Waals surface area (Å²) in [7, 11) is 0. The molecule has 5 rings (SSSR count). The molecule has 0 N–H and O–H groups in total. The number of aromatic nitrogens is 2. The monoisotopic (exact) mass is 413 g/mol. The molecule has 1 aliphatic rings. The molecule has 4 aromatic rings. The molecule has 1 aliphatic heterocycles. The van der Waals surface area contributed by atoms with E-state index in [0.29, 0.717) is 22.4 Å². The van der Waals surface area contributed by atoms with Crippen molar-refractivity contribution in [1.29, 1.82) is 0 Å². The van der Waals surface area contributed by atoms with E-state index in [1.807, 2.05) is 73.8 Å². The predicted molar refractivity (Wildman–Crippen MR) is 120 cm³/mol. The van der Waals surface area contributed by atoms with Crippen molar-refractivity contribution >= 4 is 45.4 Å². The minimum Gasteiger partial charge on any atom is -0.290 e. The quantitative estimate of drug-likeness (QED) is 0.341. The maximum atomic E-state index is 13.6. The Hall–Kier alpha value is -3.51. The summed E-state index contributed by atoms with van der Waals surface area (Å²) in [5, 5.41) is 0. The van der Waals surface area contributed by atoms with Gasteiger partial charge in [-0.05, 0) is 50.6 Å². The first kappa shape index (κ1) is 18.5. The molecule has 0 atom stereocenters. The lowest BCUT2D eigenvalue weighted by Gasteiger charge is -2.29. The summed E-state index contributed by atoms with van der Waals surface area (Å²) in [5.74, 6) is -0.634. The van der Waals surface area contributed by atoms with Crippen LogP contribution in [0.4, 0.5) is 5.69 Å². The second kappa shape index (κ2) is 6.78. The van der Waals surface area contributed by atoms with Crippen molar-refractivity contribution in [3.05, 3.63) is 87.7 Å². The van der Waals surface area contributed by atoms with Crippen LogP contribution < -0.4 is 4.90 Å². The van der Waals surface area contributed by atoms with Gasteiger partial charge in [0, 0.05) is 22.2 Å². The highest BCUT2D eigenvalue weighted by atomic mass is 32.1. The Labute approximate surface area is 177 Å². The van der Waals surface area contributed by atoms with Crippen LogP contribution in [-0.2, 0) is 4.79 Å². The Balaban J connectivity index is 1.75. The topological polar surface area (TPSA) is 54.7 Å². The van der Waals surface area contributed by atoms with Crippen molar-refractivity contribution in [3.8, 4) is 0 Å². The van der Waals surface area contributed by atoms with Crippen LogP contribution in [0.2, 0.25) is 0 Å².